The van der Waals surface area contributed by atoms with Gasteiger partial charge in [0.15, 0.2) is 11.6 Å². The SMILES string of the molecule is Cc1nc(NN)cc(Oc2cccc(C)c2F)n1. The number of nitrogen functional groups attached to an aromatic ring is 1. The van der Waals surface area contributed by atoms with Crippen LogP contribution < -0.4 is 16.0 Å². The van der Waals surface area contributed by atoms with E-state index in [0.717, 1.165) is 0 Å². The second-order valence-electron chi connectivity index (χ2n) is 3.77. The number of hydrazine groups is 1. The van der Waals surface area contributed by atoms with Crippen molar-refractivity contribution < 1.29 is 9.13 Å². The fourth-order valence-corrected chi connectivity index (χ4v) is 1.48. The van der Waals surface area contributed by atoms with E-state index in [9.17, 15) is 4.39 Å². The van der Waals surface area contributed by atoms with Crippen LogP contribution >= 0.6 is 0 Å². The van der Waals surface area contributed by atoms with Gasteiger partial charge in [0.05, 0.1) is 0 Å². The van der Waals surface area contributed by atoms with Crippen molar-refractivity contribution in [1.82, 2.24) is 9.97 Å². The number of nitrogens with two attached hydrogens (primary N) is 1. The highest BCUT2D eigenvalue weighted by Gasteiger charge is 2.09. The molecular formula is C12H13FN4O. The molecule has 0 bridgehead atoms. The van der Waals surface area contributed by atoms with Gasteiger partial charge >= 0.3 is 0 Å². The van der Waals surface area contributed by atoms with E-state index >= 15 is 0 Å². The average Bonchev–Trinajstić information content (AvgIpc) is 2.34. The summed E-state index contributed by atoms with van der Waals surface area (Å²) in [6.07, 6.45) is 0. The largest absolute Gasteiger partial charge is 0.436 e. The first kappa shape index (κ1) is 12.3. The predicted octanol–water partition coefficient (Wildman–Crippen LogP) is 2.31. The molecule has 5 nitrogen and oxygen atoms in total. The molecule has 0 aliphatic heterocycles. The summed E-state index contributed by atoms with van der Waals surface area (Å²) in [6.45, 7) is 3.36. The molecule has 0 aliphatic rings. The normalized spacial score (nSPS) is 10.2. The number of ether oxygens (including phenoxy) is 1. The average molecular weight is 248 g/mol. The van der Waals surface area contributed by atoms with Crippen molar-refractivity contribution in [3.8, 4) is 11.6 Å². The van der Waals surface area contributed by atoms with E-state index in [0.29, 0.717) is 17.2 Å². The highest BCUT2D eigenvalue weighted by molar-refractivity contribution is 5.39. The Balaban J connectivity index is 2.34. The molecule has 6 heteroatoms. The predicted molar refractivity (Wildman–Crippen MR) is 65.8 cm³/mol. The number of nitrogens with one attached hydrogen (secondary N) is 1. The molecule has 0 aliphatic carbocycles. The van der Waals surface area contributed by atoms with Gasteiger partial charge in [0, 0.05) is 6.07 Å². The van der Waals surface area contributed by atoms with Gasteiger partial charge in [-0.25, -0.2) is 15.2 Å². The lowest BCUT2D eigenvalue weighted by molar-refractivity contribution is 0.423. The number of aromatic nitrogens is 2. The van der Waals surface area contributed by atoms with Gasteiger partial charge in [-0.15, -0.1) is 0 Å². The summed E-state index contributed by atoms with van der Waals surface area (Å²) in [4.78, 5) is 8.07. The highest BCUT2D eigenvalue weighted by atomic mass is 19.1. The summed E-state index contributed by atoms with van der Waals surface area (Å²) >= 11 is 0. The fraction of sp³-hybridized carbons (Fsp3) is 0.167. The Morgan fingerprint density at radius 2 is 2.06 bits per heavy atom. The van der Waals surface area contributed by atoms with Crippen LogP contribution in [0.4, 0.5) is 10.2 Å². The van der Waals surface area contributed by atoms with Crippen LogP contribution in [0.1, 0.15) is 11.4 Å². The number of hydrogen-bond donors (Lipinski definition) is 2. The summed E-state index contributed by atoms with van der Waals surface area (Å²) in [5.41, 5.74) is 2.90. The molecule has 0 fully saturated rings. The van der Waals surface area contributed by atoms with Crippen LogP contribution in [0.2, 0.25) is 0 Å². The zero-order chi connectivity index (χ0) is 13.1. The lowest BCUT2D eigenvalue weighted by Crippen LogP contribution is -2.10. The number of hydrogen-bond acceptors (Lipinski definition) is 5. The third kappa shape index (κ3) is 2.54. The number of aryl methyl sites for hydroxylation is 2. The van der Waals surface area contributed by atoms with Gasteiger partial charge in [-0.2, -0.15) is 4.98 Å². The van der Waals surface area contributed by atoms with Gasteiger partial charge in [-0.3, -0.25) is 0 Å². The van der Waals surface area contributed by atoms with Crippen LogP contribution in [-0.2, 0) is 0 Å². The fourth-order valence-electron chi connectivity index (χ4n) is 1.48. The Hall–Kier alpha value is -2.21. The van der Waals surface area contributed by atoms with Crippen molar-refractivity contribution >= 4 is 5.82 Å². The van der Waals surface area contributed by atoms with E-state index in [4.69, 9.17) is 10.6 Å². The maximum absolute atomic E-state index is 13.8. The van der Waals surface area contributed by atoms with E-state index in [1.165, 1.54) is 12.1 Å². The summed E-state index contributed by atoms with van der Waals surface area (Å²) in [5.74, 6) is 6.10. The second-order valence-corrected chi connectivity index (χ2v) is 3.77. The number of anilines is 1. The van der Waals surface area contributed by atoms with Gasteiger partial charge in [0.1, 0.15) is 11.6 Å². The third-order valence-corrected chi connectivity index (χ3v) is 2.33. The molecular weight excluding hydrogens is 235 g/mol. The Morgan fingerprint density at radius 3 is 2.78 bits per heavy atom. The van der Waals surface area contributed by atoms with E-state index < -0.39 is 5.82 Å². The quantitative estimate of drug-likeness (QED) is 0.644. The zero-order valence-electron chi connectivity index (χ0n) is 10.1. The molecule has 0 saturated carbocycles. The molecule has 0 radical (unpaired) electrons. The van der Waals surface area contributed by atoms with Crippen LogP contribution in [0.15, 0.2) is 24.3 Å². The van der Waals surface area contributed by atoms with Crippen molar-refractivity contribution in [2.45, 2.75) is 13.8 Å². The number of nitrogens with zero attached hydrogens (tertiary/aromatic N) is 2. The van der Waals surface area contributed by atoms with Gasteiger partial charge in [-0.05, 0) is 25.5 Å². The summed E-state index contributed by atoms with van der Waals surface area (Å²) in [5, 5.41) is 0. The summed E-state index contributed by atoms with van der Waals surface area (Å²) < 4.78 is 19.2. The second kappa shape index (κ2) is 4.97. The Kier molecular flexibility index (Phi) is 3.38. The first-order valence-electron chi connectivity index (χ1n) is 5.35. The van der Waals surface area contributed by atoms with E-state index in [-0.39, 0.29) is 11.6 Å². The first-order chi connectivity index (χ1) is 8.60. The zero-order valence-corrected chi connectivity index (χ0v) is 10.1. The van der Waals surface area contributed by atoms with E-state index in [2.05, 4.69) is 15.4 Å². The lowest BCUT2D eigenvalue weighted by Gasteiger charge is -2.09. The Bertz CT molecular complexity index is 574. The third-order valence-electron chi connectivity index (χ3n) is 2.33. The minimum atomic E-state index is -0.406. The maximum Gasteiger partial charge on any atom is 0.224 e. The van der Waals surface area contributed by atoms with Gasteiger partial charge in [-0.1, -0.05) is 12.1 Å². The molecule has 0 saturated heterocycles. The summed E-state index contributed by atoms with van der Waals surface area (Å²) in [6, 6.07) is 6.41. The molecule has 1 heterocycles. The minimum absolute atomic E-state index is 0.121. The lowest BCUT2D eigenvalue weighted by atomic mass is 10.2. The van der Waals surface area contributed by atoms with Crippen LogP contribution in [0, 0.1) is 19.7 Å². The Morgan fingerprint density at radius 1 is 1.28 bits per heavy atom. The molecule has 1 aromatic carbocycles. The molecule has 0 spiro atoms. The van der Waals surface area contributed by atoms with E-state index in [1.807, 2.05) is 0 Å². The number of halogens is 1. The van der Waals surface area contributed by atoms with Crippen molar-refractivity contribution in [1.29, 1.82) is 0 Å². The van der Waals surface area contributed by atoms with Crippen LogP contribution in [0.3, 0.4) is 0 Å². The van der Waals surface area contributed by atoms with Crippen molar-refractivity contribution in [2.75, 3.05) is 5.43 Å². The minimum Gasteiger partial charge on any atom is -0.436 e. The molecule has 2 aromatic rings. The van der Waals surface area contributed by atoms with Gasteiger partial charge < -0.3 is 10.2 Å². The smallest absolute Gasteiger partial charge is 0.224 e. The number of benzene rings is 1. The molecule has 3 N–H and O–H groups in total. The molecule has 0 unspecified atom stereocenters. The van der Waals surface area contributed by atoms with Crippen LogP contribution in [0.25, 0.3) is 0 Å². The van der Waals surface area contributed by atoms with Crippen molar-refractivity contribution in [2.24, 2.45) is 5.84 Å². The van der Waals surface area contributed by atoms with Gasteiger partial charge in [0.2, 0.25) is 5.88 Å². The molecule has 0 amide bonds. The molecule has 0 atom stereocenters. The van der Waals surface area contributed by atoms with Gasteiger partial charge in [0.25, 0.3) is 0 Å². The van der Waals surface area contributed by atoms with Crippen LogP contribution in [0.5, 0.6) is 11.6 Å². The molecule has 94 valence electrons. The van der Waals surface area contributed by atoms with Crippen molar-refractivity contribution in [3.05, 3.63) is 41.5 Å². The number of rotatable bonds is 3. The molecule has 2 rings (SSSR count). The monoisotopic (exact) mass is 248 g/mol. The van der Waals surface area contributed by atoms with Crippen molar-refractivity contribution in [3.63, 3.8) is 0 Å². The highest BCUT2D eigenvalue weighted by Crippen LogP contribution is 2.25. The van der Waals surface area contributed by atoms with Crippen LogP contribution in [-0.4, -0.2) is 9.97 Å². The Labute approximate surface area is 104 Å². The molecule has 1 aromatic heterocycles. The molecule has 18 heavy (non-hydrogen) atoms. The first-order valence-corrected chi connectivity index (χ1v) is 5.35. The maximum atomic E-state index is 13.8. The van der Waals surface area contributed by atoms with E-state index in [1.54, 1.807) is 26.0 Å². The topological polar surface area (TPSA) is 73.1 Å². The standard InChI is InChI=1S/C12H13FN4O/c1-7-4-3-5-9(12(7)13)18-11-6-10(17-14)15-8(2)16-11/h3-6H,14H2,1-2H3,(H,15,16,17). The summed E-state index contributed by atoms with van der Waals surface area (Å²) in [7, 11) is 0.